The monoisotopic (exact) mass is 396 g/mol. The second-order valence-corrected chi connectivity index (χ2v) is 6.77. The third-order valence-electron chi connectivity index (χ3n) is 4.76. The first-order chi connectivity index (χ1) is 14.1. The number of urea groups is 1. The topological polar surface area (TPSA) is 110 Å². The summed E-state index contributed by atoms with van der Waals surface area (Å²) in [6.45, 7) is 0.695. The first-order valence-corrected chi connectivity index (χ1v) is 9.26. The fraction of sp³-hybridized carbons (Fsp3) is 0.300. The van der Waals surface area contributed by atoms with Crippen molar-refractivity contribution in [3.8, 4) is 11.5 Å². The van der Waals surface area contributed by atoms with E-state index in [9.17, 15) is 14.4 Å². The number of carbonyl (C=O) groups is 3. The molecular weight excluding hydrogens is 376 g/mol. The maximum absolute atomic E-state index is 12.6. The van der Waals surface area contributed by atoms with Crippen LogP contribution in [0, 0.1) is 0 Å². The summed E-state index contributed by atoms with van der Waals surface area (Å²) < 4.78 is 10.6. The number of ether oxygens (including phenoxy) is 2. The van der Waals surface area contributed by atoms with Gasteiger partial charge in [-0.05, 0) is 41.8 Å². The van der Waals surface area contributed by atoms with Crippen molar-refractivity contribution in [2.75, 3.05) is 13.3 Å². The Morgan fingerprint density at radius 1 is 1.14 bits per heavy atom. The van der Waals surface area contributed by atoms with Gasteiger partial charge < -0.3 is 20.1 Å². The summed E-state index contributed by atoms with van der Waals surface area (Å²) in [7, 11) is 0. The van der Waals surface area contributed by atoms with Gasteiger partial charge in [-0.2, -0.15) is 0 Å². The molecular formula is C20H20N4O5. The van der Waals surface area contributed by atoms with E-state index in [1.54, 1.807) is 30.6 Å². The lowest BCUT2D eigenvalue weighted by Crippen LogP contribution is -2.37. The highest BCUT2D eigenvalue weighted by Crippen LogP contribution is 2.33. The SMILES string of the molecule is O=C(CC1NC(=O)N(Cc2ccc3c(c2)OCO3)C1=O)NCCc1ccncc1. The number of benzene rings is 1. The molecule has 1 aromatic carbocycles. The van der Waals surface area contributed by atoms with E-state index < -0.39 is 18.0 Å². The van der Waals surface area contributed by atoms with Crippen LogP contribution in [0.4, 0.5) is 4.79 Å². The minimum Gasteiger partial charge on any atom is -0.454 e. The number of hydrogen-bond donors (Lipinski definition) is 2. The maximum Gasteiger partial charge on any atom is 0.325 e. The molecule has 1 fully saturated rings. The van der Waals surface area contributed by atoms with E-state index in [1.165, 1.54) is 0 Å². The minimum atomic E-state index is -0.863. The van der Waals surface area contributed by atoms with Gasteiger partial charge >= 0.3 is 6.03 Å². The summed E-state index contributed by atoms with van der Waals surface area (Å²) in [5.74, 6) is 0.506. The Morgan fingerprint density at radius 3 is 2.76 bits per heavy atom. The average Bonchev–Trinajstić information content (AvgIpc) is 3.28. The van der Waals surface area contributed by atoms with Crippen molar-refractivity contribution >= 4 is 17.8 Å². The summed E-state index contributed by atoms with van der Waals surface area (Å²) in [6.07, 6.45) is 3.95. The summed E-state index contributed by atoms with van der Waals surface area (Å²) in [4.78, 5) is 42.0. The van der Waals surface area contributed by atoms with Crippen LogP contribution in [0.3, 0.4) is 0 Å². The predicted octanol–water partition coefficient (Wildman–Crippen LogP) is 0.980. The number of rotatable bonds is 7. The number of nitrogens with one attached hydrogen (secondary N) is 2. The molecule has 2 aromatic rings. The number of pyridine rings is 1. The van der Waals surface area contributed by atoms with E-state index in [0.29, 0.717) is 24.5 Å². The molecule has 1 unspecified atom stereocenters. The minimum absolute atomic E-state index is 0.0987. The van der Waals surface area contributed by atoms with Crippen LogP contribution in [-0.4, -0.2) is 47.1 Å². The zero-order valence-electron chi connectivity index (χ0n) is 15.6. The number of amides is 4. The van der Waals surface area contributed by atoms with Crippen molar-refractivity contribution in [2.24, 2.45) is 0 Å². The first-order valence-electron chi connectivity index (χ1n) is 9.26. The molecule has 0 bridgehead atoms. The Bertz CT molecular complexity index is 934. The molecule has 9 nitrogen and oxygen atoms in total. The van der Waals surface area contributed by atoms with Crippen LogP contribution < -0.4 is 20.1 Å². The molecule has 2 N–H and O–H groups in total. The molecule has 0 aliphatic carbocycles. The van der Waals surface area contributed by atoms with Crippen molar-refractivity contribution in [1.82, 2.24) is 20.5 Å². The van der Waals surface area contributed by atoms with Crippen molar-refractivity contribution in [3.05, 3.63) is 53.9 Å². The zero-order chi connectivity index (χ0) is 20.2. The van der Waals surface area contributed by atoms with Crippen molar-refractivity contribution in [1.29, 1.82) is 0 Å². The molecule has 1 saturated heterocycles. The Balaban J connectivity index is 1.29. The van der Waals surface area contributed by atoms with Gasteiger partial charge in [-0.25, -0.2) is 4.79 Å². The van der Waals surface area contributed by atoms with Gasteiger partial charge in [0.1, 0.15) is 6.04 Å². The fourth-order valence-electron chi connectivity index (χ4n) is 3.24. The van der Waals surface area contributed by atoms with E-state index in [2.05, 4.69) is 15.6 Å². The van der Waals surface area contributed by atoms with Crippen LogP contribution in [0.5, 0.6) is 11.5 Å². The molecule has 2 aliphatic heterocycles. The molecule has 150 valence electrons. The normalized spacial score (nSPS) is 17.4. The molecule has 3 heterocycles. The zero-order valence-corrected chi connectivity index (χ0v) is 15.6. The van der Waals surface area contributed by atoms with E-state index >= 15 is 0 Å². The molecule has 1 atom stereocenters. The average molecular weight is 396 g/mol. The molecule has 1 aromatic heterocycles. The smallest absolute Gasteiger partial charge is 0.325 e. The number of carbonyl (C=O) groups excluding carboxylic acids is 3. The fourth-order valence-corrected chi connectivity index (χ4v) is 3.24. The highest BCUT2D eigenvalue weighted by molar-refractivity contribution is 6.05. The summed E-state index contributed by atoms with van der Waals surface area (Å²) in [5, 5.41) is 5.35. The van der Waals surface area contributed by atoms with Gasteiger partial charge in [-0.15, -0.1) is 0 Å². The Morgan fingerprint density at radius 2 is 1.93 bits per heavy atom. The predicted molar refractivity (Wildman–Crippen MR) is 101 cm³/mol. The third-order valence-corrected chi connectivity index (χ3v) is 4.76. The molecule has 4 rings (SSSR count). The molecule has 0 radical (unpaired) electrons. The maximum atomic E-state index is 12.6. The van der Waals surface area contributed by atoms with Crippen LogP contribution >= 0.6 is 0 Å². The number of imide groups is 1. The highest BCUT2D eigenvalue weighted by Gasteiger charge is 2.39. The van der Waals surface area contributed by atoms with Crippen molar-refractivity contribution < 1.29 is 23.9 Å². The molecule has 4 amide bonds. The largest absolute Gasteiger partial charge is 0.454 e. The van der Waals surface area contributed by atoms with Crippen LogP contribution in [-0.2, 0) is 22.6 Å². The number of nitrogens with zero attached hydrogens (tertiary/aromatic N) is 2. The molecule has 9 heteroatoms. The second kappa shape index (κ2) is 8.17. The van der Waals surface area contributed by atoms with Gasteiger partial charge in [-0.3, -0.25) is 19.5 Å². The first kappa shape index (κ1) is 18.7. The van der Waals surface area contributed by atoms with E-state index in [4.69, 9.17) is 9.47 Å². The molecule has 2 aliphatic rings. The number of aromatic nitrogens is 1. The number of hydrogen-bond acceptors (Lipinski definition) is 6. The molecule has 29 heavy (non-hydrogen) atoms. The van der Waals surface area contributed by atoms with E-state index in [-0.39, 0.29) is 25.7 Å². The number of fused-ring (bicyclic) bond motifs is 1. The Kier molecular flexibility index (Phi) is 5.28. The highest BCUT2D eigenvalue weighted by atomic mass is 16.7. The lowest BCUT2D eigenvalue weighted by atomic mass is 10.1. The van der Waals surface area contributed by atoms with Gasteiger partial charge in [0.2, 0.25) is 12.7 Å². The quantitative estimate of drug-likeness (QED) is 0.675. The van der Waals surface area contributed by atoms with E-state index in [1.807, 2.05) is 12.1 Å². The third kappa shape index (κ3) is 4.29. The summed E-state index contributed by atoms with van der Waals surface area (Å²) in [5.41, 5.74) is 1.79. The van der Waals surface area contributed by atoms with Gasteiger partial charge in [0.05, 0.1) is 13.0 Å². The summed E-state index contributed by atoms with van der Waals surface area (Å²) in [6, 6.07) is 7.63. The second-order valence-electron chi connectivity index (χ2n) is 6.77. The van der Waals surface area contributed by atoms with Crippen LogP contribution in [0.1, 0.15) is 17.5 Å². The van der Waals surface area contributed by atoms with Gasteiger partial charge in [0.15, 0.2) is 11.5 Å². The lowest BCUT2D eigenvalue weighted by molar-refractivity contribution is -0.131. The Labute approximate surface area is 167 Å². The van der Waals surface area contributed by atoms with Crippen molar-refractivity contribution in [3.63, 3.8) is 0 Å². The van der Waals surface area contributed by atoms with Gasteiger partial charge in [0, 0.05) is 18.9 Å². The molecule has 0 spiro atoms. The summed E-state index contributed by atoms with van der Waals surface area (Å²) >= 11 is 0. The van der Waals surface area contributed by atoms with Crippen LogP contribution in [0.25, 0.3) is 0 Å². The lowest BCUT2D eigenvalue weighted by Gasteiger charge is -2.13. The van der Waals surface area contributed by atoms with Crippen molar-refractivity contribution in [2.45, 2.75) is 25.4 Å². The van der Waals surface area contributed by atoms with Crippen LogP contribution in [0.2, 0.25) is 0 Å². The molecule has 0 saturated carbocycles. The Hall–Kier alpha value is -3.62. The van der Waals surface area contributed by atoms with Gasteiger partial charge in [-0.1, -0.05) is 6.07 Å². The standard InChI is InChI=1S/C20H20N4O5/c25-18(22-8-5-13-3-6-21-7-4-13)10-15-19(26)24(20(27)23-15)11-14-1-2-16-17(9-14)29-12-28-16/h1-4,6-7,9,15H,5,8,10-12H2,(H,22,25)(H,23,27). The van der Waals surface area contributed by atoms with Gasteiger partial charge in [0.25, 0.3) is 5.91 Å². The van der Waals surface area contributed by atoms with E-state index in [0.717, 1.165) is 16.0 Å². The van der Waals surface area contributed by atoms with Crippen LogP contribution in [0.15, 0.2) is 42.7 Å².